The monoisotopic (exact) mass is 469 g/mol. The van der Waals surface area contributed by atoms with Crippen molar-refractivity contribution in [3.63, 3.8) is 0 Å². The van der Waals surface area contributed by atoms with E-state index in [4.69, 9.17) is 14.6 Å². The van der Waals surface area contributed by atoms with Crippen LogP contribution in [-0.4, -0.2) is 51.2 Å². The lowest BCUT2D eigenvalue weighted by Crippen LogP contribution is -2.39. The van der Waals surface area contributed by atoms with Crippen molar-refractivity contribution in [3.8, 4) is 17.3 Å². The van der Waals surface area contributed by atoms with Crippen LogP contribution in [0.3, 0.4) is 0 Å². The molecule has 6 nitrogen and oxygen atoms in total. The lowest BCUT2D eigenvalue weighted by atomic mass is 10.1. The van der Waals surface area contributed by atoms with Gasteiger partial charge in [-0.1, -0.05) is 25.1 Å². The lowest BCUT2D eigenvalue weighted by molar-refractivity contribution is -0.0137. The van der Waals surface area contributed by atoms with E-state index >= 15 is 0 Å². The van der Waals surface area contributed by atoms with Gasteiger partial charge in [-0.3, -0.25) is 4.90 Å². The number of ether oxygens (including phenoxy) is 2. The van der Waals surface area contributed by atoms with Crippen molar-refractivity contribution in [1.82, 2.24) is 14.7 Å². The van der Waals surface area contributed by atoms with E-state index < -0.39 is 6.10 Å². The Labute approximate surface area is 201 Å². The second-order valence-corrected chi connectivity index (χ2v) is 8.95. The van der Waals surface area contributed by atoms with Gasteiger partial charge in [-0.25, -0.2) is 9.07 Å². The smallest absolute Gasteiger partial charge is 0.227 e. The molecule has 1 aromatic heterocycles. The molecular formula is C27H36FN3O3. The standard InChI is InChI=1S/C27H36FN3O3/c1-6-26-25(17-30(19(2)3)16-23(32)18-33-20(4)5)27(34-24-14-12-21(28)13-15-24)31(29-26)22-10-8-7-9-11-22/h7-15,19-20,23,32H,6,16-18H2,1-5H3/t23-/m1/s1. The van der Waals surface area contributed by atoms with Crippen molar-refractivity contribution in [2.75, 3.05) is 13.2 Å². The maximum atomic E-state index is 13.5. The number of aromatic nitrogens is 2. The zero-order chi connectivity index (χ0) is 24.7. The molecular weight excluding hydrogens is 433 g/mol. The number of rotatable bonds is 12. The Hall–Kier alpha value is -2.74. The molecule has 0 saturated heterocycles. The molecule has 0 radical (unpaired) electrons. The SMILES string of the molecule is CCc1nn(-c2ccccc2)c(Oc2ccc(F)cc2)c1CN(C[C@@H](O)COC(C)C)C(C)C. The minimum atomic E-state index is -0.611. The molecule has 0 aliphatic rings. The van der Waals surface area contributed by atoms with Gasteiger partial charge in [-0.05, 0) is 70.5 Å². The van der Waals surface area contributed by atoms with E-state index in [1.165, 1.54) is 12.1 Å². The Morgan fingerprint density at radius 3 is 2.29 bits per heavy atom. The van der Waals surface area contributed by atoms with Crippen LogP contribution < -0.4 is 4.74 Å². The Morgan fingerprint density at radius 1 is 1.03 bits per heavy atom. The largest absolute Gasteiger partial charge is 0.439 e. The number of aliphatic hydroxyl groups excluding tert-OH is 1. The number of hydrogen-bond acceptors (Lipinski definition) is 5. The van der Waals surface area contributed by atoms with Crippen LogP contribution in [-0.2, 0) is 17.7 Å². The summed E-state index contributed by atoms with van der Waals surface area (Å²) < 4.78 is 27.2. The number of aryl methyl sites for hydroxylation is 1. The van der Waals surface area contributed by atoms with E-state index in [9.17, 15) is 9.50 Å². The topological polar surface area (TPSA) is 59.8 Å². The highest BCUT2D eigenvalue weighted by Gasteiger charge is 2.25. The first-order valence-corrected chi connectivity index (χ1v) is 11.9. The van der Waals surface area contributed by atoms with Crippen molar-refractivity contribution in [1.29, 1.82) is 0 Å². The first kappa shape index (κ1) is 25.9. The molecule has 0 aliphatic heterocycles. The molecule has 3 aromatic rings. The normalized spacial score (nSPS) is 12.6. The van der Waals surface area contributed by atoms with Crippen molar-refractivity contribution >= 4 is 0 Å². The fraction of sp³-hybridized carbons (Fsp3) is 0.444. The third kappa shape index (κ3) is 6.88. The zero-order valence-corrected chi connectivity index (χ0v) is 20.7. The highest BCUT2D eigenvalue weighted by atomic mass is 19.1. The molecule has 7 heteroatoms. The summed E-state index contributed by atoms with van der Waals surface area (Å²) in [6, 6.07) is 16.0. The highest BCUT2D eigenvalue weighted by molar-refractivity contribution is 5.43. The molecule has 0 amide bonds. The third-order valence-electron chi connectivity index (χ3n) is 5.54. The number of halogens is 1. The van der Waals surface area contributed by atoms with Crippen LogP contribution >= 0.6 is 0 Å². The third-order valence-corrected chi connectivity index (χ3v) is 5.54. The van der Waals surface area contributed by atoms with E-state index in [1.54, 1.807) is 16.8 Å². The average molecular weight is 470 g/mol. The lowest BCUT2D eigenvalue weighted by Gasteiger charge is -2.29. The molecule has 184 valence electrons. The van der Waals surface area contributed by atoms with Crippen LogP contribution in [0.4, 0.5) is 4.39 Å². The summed E-state index contributed by atoms with van der Waals surface area (Å²) in [6.45, 7) is 11.5. The number of hydrogen-bond donors (Lipinski definition) is 1. The molecule has 0 aliphatic carbocycles. The molecule has 2 aromatic carbocycles. The minimum Gasteiger partial charge on any atom is -0.439 e. The van der Waals surface area contributed by atoms with Gasteiger partial charge in [0.15, 0.2) is 0 Å². The van der Waals surface area contributed by atoms with E-state index in [2.05, 4.69) is 25.7 Å². The van der Waals surface area contributed by atoms with Gasteiger partial charge in [-0.2, -0.15) is 5.10 Å². The van der Waals surface area contributed by atoms with Crippen LogP contribution in [0.15, 0.2) is 54.6 Å². The van der Waals surface area contributed by atoms with Gasteiger partial charge >= 0.3 is 0 Å². The Kier molecular flexibility index (Phi) is 9.21. The summed E-state index contributed by atoms with van der Waals surface area (Å²) in [7, 11) is 0. The Morgan fingerprint density at radius 2 is 1.71 bits per heavy atom. The quantitative estimate of drug-likeness (QED) is 0.387. The van der Waals surface area contributed by atoms with Gasteiger partial charge in [0.1, 0.15) is 11.6 Å². The maximum absolute atomic E-state index is 13.5. The van der Waals surface area contributed by atoms with Gasteiger partial charge in [0.25, 0.3) is 0 Å². The summed E-state index contributed by atoms with van der Waals surface area (Å²) in [5, 5.41) is 15.4. The molecule has 1 N–H and O–H groups in total. The van der Waals surface area contributed by atoms with Crippen LogP contribution in [0.25, 0.3) is 5.69 Å². The molecule has 34 heavy (non-hydrogen) atoms. The summed E-state index contributed by atoms with van der Waals surface area (Å²) in [4.78, 5) is 2.19. The maximum Gasteiger partial charge on any atom is 0.227 e. The van der Waals surface area contributed by atoms with E-state index in [0.29, 0.717) is 24.7 Å². The van der Waals surface area contributed by atoms with Crippen LogP contribution in [0.5, 0.6) is 11.6 Å². The molecule has 0 fully saturated rings. The van der Waals surface area contributed by atoms with Crippen molar-refractivity contribution in [2.45, 2.75) is 65.8 Å². The number of para-hydroxylation sites is 1. The van der Waals surface area contributed by atoms with Crippen LogP contribution in [0.2, 0.25) is 0 Å². The summed E-state index contributed by atoms with van der Waals surface area (Å²) in [6.07, 6.45) is 0.175. The highest BCUT2D eigenvalue weighted by Crippen LogP contribution is 2.32. The molecule has 0 unspecified atom stereocenters. The predicted molar refractivity (Wildman–Crippen MR) is 132 cm³/mol. The fourth-order valence-corrected chi connectivity index (χ4v) is 3.67. The van der Waals surface area contributed by atoms with Gasteiger partial charge in [0.2, 0.25) is 5.88 Å². The van der Waals surface area contributed by atoms with E-state index in [1.807, 2.05) is 44.2 Å². The predicted octanol–water partition coefficient (Wildman–Crippen LogP) is 5.36. The van der Waals surface area contributed by atoms with E-state index in [0.717, 1.165) is 23.4 Å². The molecule has 1 atom stereocenters. The first-order chi connectivity index (χ1) is 16.3. The molecule has 3 rings (SSSR count). The van der Waals surface area contributed by atoms with Crippen LogP contribution in [0.1, 0.15) is 45.9 Å². The first-order valence-electron chi connectivity index (χ1n) is 11.9. The summed E-state index contributed by atoms with van der Waals surface area (Å²) in [5.74, 6) is 0.805. The van der Waals surface area contributed by atoms with Gasteiger partial charge in [-0.15, -0.1) is 0 Å². The second kappa shape index (κ2) is 12.1. The second-order valence-electron chi connectivity index (χ2n) is 8.95. The fourth-order valence-electron chi connectivity index (χ4n) is 3.67. The molecule has 0 bridgehead atoms. The number of nitrogens with zero attached hydrogens (tertiary/aromatic N) is 3. The number of benzene rings is 2. The Balaban J connectivity index is 1.98. The molecule has 0 saturated carbocycles. The average Bonchev–Trinajstić information content (AvgIpc) is 3.16. The number of aliphatic hydroxyl groups is 1. The van der Waals surface area contributed by atoms with Crippen molar-refractivity contribution in [3.05, 3.63) is 71.7 Å². The van der Waals surface area contributed by atoms with Crippen molar-refractivity contribution in [2.24, 2.45) is 0 Å². The van der Waals surface area contributed by atoms with Gasteiger partial charge < -0.3 is 14.6 Å². The molecule has 0 spiro atoms. The van der Waals surface area contributed by atoms with E-state index in [-0.39, 0.29) is 24.6 Å². The molecule has 1 heterocycles. The van der Waals surface area contributed by atoms with Gasteiger partial charge in [0, 0.05) is 19.1 Å². The zero-order valence-electron chi connectivity index (χ0n) is 20.7. The van der Waals surface area contributed by atoms with Crippen LogP contribution in [0, 0.1) is 5.82 Å². The Bertz CT molecular complexity index is 1020. The summed E-state index contributed by atoms with van der Waals surface area (Å²) in [5.41, 5.74) is 2.74. The van der Waals surface area contributed by atoms with Crippen molar-refractivity contribution < 1.29 is 19.0 Å². The minimum absolute atomic E-state index is 0.0636. The van der Waals surface area contributed by atoms with Gasteiger partial charge in [0.05, 0.1) is 35.8 Å². The summed E-state index contributed by atoms with van der Waals surface area (Å²) >= 11 is 0.